The summed E-state index contributed by atoms with van der Waals surface area (Å²) >= 11 is 0. The largest absolute Gasteiger partial charge is 0.304 e. The van der Waals surface area contributed by atoms with E-state index < -0.39 is 6.85 Å². The van der Waals surface area contributed by atoms with Crippen LogP contribution in [0.5, 0.6) is 0 Å². The quantitative estimate of drug-likeness (QED) is 0.194. The van der Waals surface area contributed by atoms with Gasteiger partial charge in [0.1, 0.15) is 0 Å². The Labute approximate surface area is 225 Å². The normalized spacial score (nSPS) is 11.7. The van der Waals surface area contributed by atoms with Gasteiger partial charge in [0.25, 0.3) is 0 Å². The van der Waals surface area contributed by atoms with Crippen molar-refractivity contribution in [2.75, 3.05) is 0 Å². The molecule has 0 saturated heterocycles. The van der Waals surface area contributed by atoms with E-state index in [1.807, 2.05) is 79.1 Å². The molecular formula is C31H27IrN3-2. The number of hydrogen-bond donors (Lipinski definition) is 0. The van der Waals surface area contributed by atoms with Crippen LogP contribution in [0, 0.1) is 25.9 Å². The molecule has 3 nitrogen and oxygen atoms in total. The Kier molecular flexibility index (Phi) is 8.09. The van der Waals surface area contributed by atoms with Gasteiger partial charge < -0.3 is 9.97 Å². The molecule has 2 aromatic carbocycles. The average Bonchev–Trinajstić information content (AvgIpc) is 2.94. The summed E-state index contributed by atoms with van der Waals surface area (Å²) in [6.07, 6.45) is 6.11. The van der Waals surface area contributed by atoms with E-state index in [0.29, 0.717) is 5.56 Å². The van der Waals surface area contributed by atoms with E-state index in [4.69, 9.17) is 4.11 Å². The van der Waals surface area contributed by atoms with Crippen molar-refractivity contribution in [2.45, 2.75) is 27.1 Å². The van der Waals surface area contributed by atoms with Gasteiger partial charge in [-0.2, -0.15) is 0 Å². The van der Waals surface area contributed by atoms with Crippen LogP contribution in [0.3, 0.4) is 0 Å². The summed E-state index contributed by atoms with van der Waals surface area (Å²) in [5, 5.41) is 0. The molecule has 0 amide bonds. The first-order valence-corrected chi connectivity index (χ1v) is 11.2. The molecule has 4 heteroatoms. The van der Waals surface area contributed by atoms with Crippen molar-refractivity contribution in [1.29, 1.82) is 0 Å². The molecule has 0 spiro atoms. The number of benzene rings is 2. The number of pyridine rings is 3. The molecule has 3 aromatic heterocycles. The molecule has 0 atom stereocenters. The number of aryl methyl sites for hydroxylation is 3. The second-order valence-electron chi connectivity index (χ2n) is 7.73. The molecule has 0 aliphatic rings. The van der Waals surface area contributed by atoms with Crippen LogP contribution in [0.15, 0.2) is 97.5 Å². The van der Waals surface area contributed by atoms with E-state index >= 15 is 0 Å². The van der Waals surface area contributed by atoms with Crippen molar-refractivity contribution in [2.24, 2.45) is 0 Å². The molecule has 0 N–H and O–H groups in total. The zero-order chi connectivity index (χ0) is 26.3. The molecule has 0 aliphatic heterocycles. The number of rotatable bonds is 4. The van der Waals surface area contributed by atoms with Crippen LogP contribution in [0.25, 0.3) is 33.8 Å². The molecule has 5 rings (SSSR count). The van der Waals surface area contributed by atoms with Crippen LogP contribution in [0.4, 0.5) is 0 Å². The van der Waals surface area contributed by atoms with Gasteiger partial charge in [0.15, 0.2) is 0 Å². The van der Waals surface area contributed by atoms with E-state index in [9.17, 15) is 0 Å². The summed E-state index contributed by atoms with van der Waals surface area (Å²) in [5.41, 5.74) is 7.96. The molecule has 0 fully saturated rings. The molecule has 177 valence electrons. The van der Waals surface area contributed by atoms with Gasteiger partial charge in [-0.25, -0.2) is 0 Å². The Morgan fingerprint density at radius 1 is 0.743 bits per heavy atom. The Balaban J connectivity index is 0.000000208. The monoisotopic (exact) mass is 637 g/mol. The minimum absolute atomic E-state index is 0. The third-order valence-corrected chi connectivity index (χ3v) is 5.39. The van der Waals surface area contributed by atoms with Gasteiger partial charge in [-0.3, -0.25) is 4.98 Å². The number of hydrogen-bond acceptors (Lipinski definition) is 3. The summed E-state index contributed by atoms with van der Waals surface area (Å²) in [6.45, 7) is 1.84. The first-order valence-electron chi connectivity index (χ1n) is 12.7. The standard InChI is InChI=1S/C18H15N2.C13H12N.Ir/c1-2-14-12-18(15-8-4-3-5-9-15)20-13-16(14)17-10-6-7-11-19-17;1-10-8-13(14-9-11(10)2)12-6-4-3-5-7-12;/h3-8,10-13H,2H2,1H3;3-6,8-9H,1-2H3;/q2*-1;/i;2D3;. The molecule has 0 bridgehead atoms. The summed E-state index contributed by atoms with van der Waals surface area (Å²) < 4.78 is 22.1. The van der Waals surface area contributed by atoms with Gasteiger partial charge in [-0.05, 0) is 54.8 Å². The molecule has 0 unspecified atom stereocenters. The molecule has 1 radical (unpaired) electrons. The summed E-state index contributed by atoms with van der Waals surface area (Å²) in [5.74, 6) is 0. The van der Waals surface area contributed by atoms with Crippen molar-refractivity contribution in [3.05, 3.63) is 126 Å². The van der Waals surface area contributed by atoms with E-state index in [2.05, 4.69) is 40.1 Å². The smallest absolute Gasteiger partial charge is 0.0719 e. The number of aromatic nitrogens is 3. The van der Waals surface area contributed by atoms with Gasteiger partial charge in [0.05, 0.1) is 5.69 Å². The van der Waals surface area contributed by atoms with Crippen molar-refractivity contribution in [3.63, 3.8) is 0 Å². The minimum Gasteiger partial charge on any atom is -0.304 e. The zero-order valence-electron chi connectivity index (χ0n) is 22.6. The predicted octanol–water partition coefficient (Wildman–Crippen LogP) is 7.34. The van der Waals surface area contributed by atoms with Crippen LogP contribution in [-0.2, 0) is 26.5 Å². The van der Waals surface area contributed by atoms with Crippen molar-refractivity contribution in [1.82, 2.24) is 15.0 Å². The van der Waals surface area contributed by atoms with E-state index in [-0.39, 0.29) is 20.1 Å². The van der Waals surface area contributed by atoms with E-state index in [1.54, 1.807) is 13.0 Å². The Bertz CT molecular complexity index is 1440. The molecule has 0 saturated carbocycles. The fraction of sp³-hybridized carbons (Fsp3) is 0.129. The van der Waals surface area contributed by atoms with Gasteiger partial charge in [0, 0.05) is 48.4 Å². The molecular weight excluding hydrogens is 607 g/mol. The number of nitrogens with zero attached hydrogens (tertiary/aromatic N) is 3. The maximum absolute atomic E-state index is 7.37. The average molecular weight is 637 g/mol. The Morgan fingerprint density at radius 3 is 1.94 bits per heavy atom. The van der Waals surface area contributed by atoms with Crippen molar-refractivity contribution < 1.29 is 24.2 Å². The van der Waals surface area contributed by atoms with Gasteiger partial charge in [-0.15, -0.1) is 71.8 Å². The maximum Gasteiger partial charge on any atom is 0.0719 e. The summed E-state index contributed by atoms with van der Waals surface area (Å²) in [4.78, 5) is 13.2. The van der Waals surface area contributed by atoms with Crippen LogP contribution in [-0.4, -0.2) is 15.0 Å². The summed E-state index contributed by atoms with van der Waals surface area (Å²) in [7, 11) is 0. The third-order valence-electron chi connectivity index (χ3n) is 5.39. The van der Waals surface area contributed by atoms with Gasteiger partial charge in [0.2, 0.25) is 0 Å². The first-order chi connectivity index (χ1) is 17.9. The zero-order valence-corrected chi connectivity index (χ0v) is 22.0. The van der Waals surface area contributed by atoms with Crippen molar-refractivity contribution in [3.8, 4) is 33.8 Å². The van der Waals surface area contributed by atoms with Gasteiger partial charge >= 0.3 is 0 Å². The first kappa shape index (κ1) is 22.0. The van der Waals surface area contributed by atoms with Crippen LogP contribution in [0.2, 0.25) is 0 Å². The Morgan fingerprint density at radius 2 is 1.40 bits per heavy atom. The summed E-state index contributed by atoms with van der Waals surface area (Å²) in [6, 6.07) is 31.6. The second kappa shape index (κ2) is 12.8. The molecule has 3 heterocycles. The van der Waals surface area contributed by atoms with E-state index in [1.165, 1.54) is 11.8 Å². The maximum atomic E-state index is 7.37. The topological polar surface area (TPSA) is 38.7 Å². The third kappa shape index (κ3) is 6.79. The molecule has 35 heavy (non-hydrogen) atoms. The van der Waals surface area contributed by atoms with E-state index in [0.717, 1.165) is 45.8 Å². The fourth-order valence-electron chi connectivity index (χ4n) is 3.50. The molecule has 0 aliphatic carbocycles. The fourth-order valence-corrected chi connectivity index (χ4v) is 3.50. The van der Waals surface area contributed by atoms with Crippen molar-refractivity contribution >= 4 is 0 Å². The van der Waals surface area contributed by atoms with Crippen LogP contribution in [0.1, 0.15) is 27.7 Å². The Hall–Kier alpha value is -3.46. The van der Waals surface area contributed by atoms with Crippen LogP contribution >= 0.6 is 0 Å². The SMILES string of the molecule is CCc1cc(-c2[c-]cccc2)ncc1-c1ccccn1.[2H]C([2H])([2H])c1cnc(-c2[c-]cccc2)cc1C.[Ir]. The predicted molar refractivity (Wildman–Crippen MR) is 139 cm³/mol. The van der Waals surface area contributed by atoms with Crippen LogP contribution < -0.4 is 0 Å². The minimum atomic E-state index is -2.10. The van der Waals surface area contributed by atoms with Gasteiger partial charge in [-0.1, -0.05) is 30.7 Å². The molecule has 5 aromatic rings. The second-order valence-corrected chi connectivity index (χ2v) is 7.73.